The summed E-state index contributed by atoms with van der Waals surface area (Å²) in [6.45, 7) is 16.6. The Bertz CT molecular complexity index is 810. The van der Waals surface area contributed by atoms with E-state index in [1.54, 1.807) is 27.7 Å². The van der Waals surface area contributed by atoms with E-state index in [-0.39, 0.29) is 30.8 Å². The number of halogens is 2. The molecule has 0 heterocycles. The first-order valence-corrected chi connectivity index (χ1v) is 14.2. The average molecular weight is 547 g/mol. The number of hydrogen-bond acceptors (Lipinski definition) is 6. The number of esters is 3. The fraction of sp³-hybridized carbons (Fsp3) is 0.900. The van der Waals surface area contributed by atoms with Crippen molar-refractivity contribution in [2.45, 2.75) is 145 Å². The molecule has 38 heavy (non-hydrogen) atoms. The van der Waals surface area contributed by atoms with Crippen molar-refractivity contribution in [2.24, 2.45) is 22.2 Å². The van der Waals surface area contributed by atoms with E-state index in [4.69, 9.17) is 14.2 Å². The molecule has 0 spiro atoms. The number of rotatable bonds is 14. The molecule has 1 aliphatic rings. The van der Waals surface area contributed by atoms with Gasteiger partial charge >= 0.3 is 17.9 Å². The van der Waals surface area contributed by atoms with Gasteiger partial charge in [0, 0.05) is 6.42 Å². The van der Waals surface area contributed by atoms with Crippen molar-refractivity contribution >= 4 is 17.9 Å². The van der Waals surface area contributed by atoms with E-state index in [1.165, 1.54) is 0 Å². The standard InChI is InChI=1S/C30H52F2O6/c1-11-28(8,24(34)37-22-15-13-12-14-16-22)20-29(9,25(35)38-27(6,7)21(2)3)19-26(4,5)23(33)36-18-17-30(10,31)32/h21-22H,11-20H2,1-10H3. The highest BCUT2D eigenvalue weighted by Gasteiger charge is 2.51. The minimum Gasteiger partial charge on any atom is -0.465 e. The molecule has 222 valence electrons. The smallest absolute Gasteiger partial charge is 0.312 e. The lowest BCUT2D eigenvalue weighted by atomic mass is 9.65. The third-order valence-corrected chi connectivity index (χ3v) is 8.28. The lowest BCUT2D eigenvalue weighted by Crippen LogP contribution is -2.47. The van der Waals surface area contributed by atoms with Crippen molar-refractivity contribution in [1.29, 1.82) is 0 Å². The number of alkyl halides is 2. The van der Waals surface area contributed by atoms with Crippen molar-refractivity contribution in [1.82, 2.24) is 0 Å². The minimum atomic E-state index is -2.95. The van der Waals surface area contributed by atoms with Crippen LogP contribution < -0.4 is 0 Å². The number of ether oxygens (including phenoxy) is 3. The molecule has 0 saturated heterocycles. The van der Waals surface area contributed by atoms with Crippen LogP contribution >= 0.6 is 0 Å². The molecule has 0 aromatic carbocycles. The van der Waals surface area contributed by atoms with Crippen molar-refractivity contribution in [3.63, 3.8) is 0 Å². The zero-order valence-electron chi connectivity index (χ0n) is 25.4. The molecule has 1 aliphatic carbocycles. The van der Waals surface area contributed by atoms with Crippen LogP contribution in [0.1, 0.15) is 127 Å². The molecule has 0 aromatic rings. The molecular formula is C30H52F2O6. The summed E-state index contributed by atoms with van der Waals surface area (Å²) in [4.78, 5) is 40.2. The predicted molar refractivity (Wildman–Crippen MR) is 144 cm³/mol. The Hall–Kier alpha value is -1.73. The van der Waals surface area contributed by atoms with E-state index in [1.807, 2.05) is 34.6 Å². The van der Waals surface area contributed by atoms with E-state index in [9.17, 15) is 23.2 Å². The molecule has 8 heteroatoms. The number of carbonyl (C=O) groups is 3. The van der Waals surface area contributed by atoms with Crippen LogP contribution in [0.4, 0.5) is 8.78 Å². The topological polar surface area (TPSA) is 78.9 Å². The first-order chi connectivity index (χ1) is 17.2. The van der Waals surface area contributed by atoms with Crippen LogP contribution in [-0.2, 0) is 28.6 Å². The van der Waals surface area contributed by atoms with Gasteiger partial charge in [-0.15, -0.1) is 0 Å². The van der Waals surface area contributed by atoms with Crippen molar-refractivity contribution < 1.29 is 37.4 Å². The Morgan fingerprint density at radius 2 is 1.37 bits per heavy atom. The van der Waals surface area contributed by atoms with Gasteiger partial charge in [0.25, 0.3) is 0 Å². The second kappa shape index (κ2) is 13.1. The normalized spacial score (nSPS) is 18.9. The van der Waals surface area contributed by atoms with E-state index in [0.29, 0.717) is 6.42 Å². The van der Waals surface area contributed by atoms with Gasteiger partial charge in [0.15, 0.2) is 0 Å². The summed E-state index contributed by atoms with van der Waals surface area (Å²) in [5, 5.41) is 0. The number of carbonyl (C=O) groups excluding carboxylic acids is 3. The summed E-state index contributed by atoms with van der Waals surface area (Å²) >= 11 is 0. The Labute approximate surface area is 228 Å². The van der Waals surface area contributed by atoms with Crippen molar-refractivity contribution in [3.05, 3.63) is 0 Å². The van der Waals surface area contributed by atoms with Crippen LogP contribution in [0.5, 0.6) is 0 Å². The molecule has 0 aromatic heterocycles. The van der Waals surface area contributed by atoms with Crippen LogP contribution in [0.2, 0.25) is 0 Å². The molecule has 0 radical (unpaired) electrons. The first-order valence-electron chi connectivity index (χ1n) is 14.2. The Morgan fingerprint density at radius 3 is 1.84 bits per heavy atom. The molecule has 1 saturated carbocycles. The fourth-order valence-electron chi connectivity index (χ4n) is 4.93. The van der Waals surface area contributed by atoms with E-state index < -0.39 is 52.7 Å². The second-order valence-corrected chi connectivity index (χ2v) is 13.5. The third-order valence-electron chi connectivity index (χ3n) is 8.28. The molecule has 1 fully saturated rings. The summed E-state index contributed by atoms with van der Waals surface area (Å²) in [7, 11) is 0. The van der Waals surface area contributed by atoms with E-state index in [0.717, 1.165) is 39.0 Å². The molecule has 0 bridgehead atoms. The molecule has 2 unspecified atom stereocenters. The van der Waals surface area contributed by atoms with E-state index in [2.05, 4.69) is 0 Å². The molecule has 0 amide bonds. The minimum absolute atomic E-state index is 0.0145. The second-order valence-electron chi connectivity index (χ2n) is 13.5. The lowest BCUT2D eigenvalue weighted by molar-refractivity contribution is -0.181. The van der Waals surface area contributed by atoms with Crippen LogP contribution in [0.3, 0.4) is 0 Å². The highest BCUT2D eigenvalue weighted by molar-refractivity contribution is 5.83. The van der Waals surface area contributed by atoms with Gasteiger partial charge in [0.05, 0.1) is 22.9 Å². The van der Waals surface area contributed by atoms with Crippen molar-refractivity contribution in [2.75, 3.05) is 6.61 Å². The molecule has 0 N–H and O–H groups in total. The zero-order chi connectivity index (χ0) is 29.6. The lowest BCUT2D eigenvalue weighted by Gasteiger charge is -2.42. The highest BCUT2D eigenvalue weighted by Crippen LogP contribution is 2.47. The molecule has 2 atom stereocenters. The van der Waals surface area contributed by atoms with Gasteiger partial charge in [0.2, 0.25) is 5.92 Å². The molecule has 0 aliphatic heterocycles. The number of hydrogen-bond donors (Lipinski definition) is 0. The molecule has 1 rings (SSSR count). The van der Waals surface area contributed by atoms with Crippen LogP contribution in [0, 0.1) is 22.2 Å². The first kappa shape index (κ1) is 34.3. The highest BCUT2D eigenvalue weighted by atomic mass is 19.3. The Balaban J connectivity index is 3.26. The Morgan fingerprint density at radius 1 is 0.816 bits per heavy atom. The van der Waals surface area contributed by atoms with Gasteiger partial charge in [0.1, 0.15) is 11.7 Å². The van der Waals surface area contributed by atoms with Gasteiger partial charge in [-0.25, -0.2) is 8.78 Å². The summed E-state index contributed by atoms with van der Waals surface area (Å²) < 4.78 is 43.6. The maximum Gasteiger partial charge on any atom is 0.312 e. The maximum absolute atomic E-state index is 13.8. The third kappa shape index (κ3) is 10.1. The molecule has 6 nitrogen and oxygen atoms in total. The maximum atomic E-state index is 13.8. The Kier molecular flexibility index (Phi) is 11.8. The fourth-order valence-corrected chi connectivity index (χ4v) is 4.93. The van der Waals surface area contributed by atoms with Gasteiger partial charge in [-0.1, -0.05) is 27.2 Å². The van der Waals surface area contributed by atoms with E-state index >= 15 is 0 Å². The van der Waals surface area contributed by atoms with Gasteiger partial charge in [-0.05, 0) is 99.3 Å². The zero-order valence-corrected chi connectivity index (χ0v) is 25.4. The SMILES string of the molecule is CCC(C)(CC(C)(CC(C)(C)C(=O)OCCC(C)(F)F)C(=O)OC(C)(C)C(C)C)C(=O)OC1CCCCC1. The average Bonchev–Trinajstić information content (AvgIpc) is 2.77. The monoisotopic (exact) mass is 546 g/mol. The summed E-state index contributed by atoms with van der Waals surface area (Å²) in [5.74, 6) is -4.46. The van der Waals surface area contributed by atoms with Crippen molar-refractivity contribution in [3.8, 4) is 0 Å². The van der Waals surface area contributed by atoms with Crippen LogP contribution in [0.15, 0.2) is 0 Å². The summed E-state index contributed by atoms with van der Waals surface area (Å²) in [6.07, 6.45) is 4.71. The summed E-state index contributed by atoms with van der Waals surface area (Å²) in [6, 6.07) is 0. The quantitative estimate of drug-likeness (QED) is 0.164. The largest absolute Gasteiger partial charge is 0.465 e. The van der Waals surface area contributed by atoms with Crippen LogP contribution in [-0.4, -0.2) is 42.1 Å². The van der Waals surface area contributed by atoms with Gasteiger partial charge in [-0.3, -0.25) is 14.4 Å². The predicted octanol–water partition coefficient (Wildman–Crippen LogP) is 7.66. The van der Waals surface area contributed by atoms with Crippen LogP contribution in [0.25, 0.3) is 0 Å². The van der Waals surface area contributed by atoms with Gasteiger partial charge < -0.3 is 14.2 Å². The molecular weight excluding hydrogens is 494 g/mol. The van der Waals surface area contributed by atoms with Gasteiger partial charge in [-0.2, -0.15) is 0 Å². The summed E-state index contributed by atoms with van der Waals surface area (Å²) in [5.41, 5.74) is -4.21.